The van der Waals surface area contributed by atoms with Crippen molar-refractivity contribution in [1.29, 1.82) is 0 Å². The molecule has 0 amide bonds. The average Bonchev–Trinajstić information content (AvgIpc) is 2.27. The predicted molar refractivity (Wildman–Crippen MR) is 50.4 cm³/mol. The highest BCUT2D eigenvalue weighted by molar-refractivity contribution is 5.74. The zero-order valence-electron chi connectivity index (χ0n) is 6.14. The lowest BCUT2D eigenvalue weighted by Gasteiger charge is -1.89. The average molecular weight is 164 g/mol. The number of aromatic amines is 2. The molecule has 3 heteroatoms. The quantitative estimate of drug-likeness (QED) is 0.612. The van der Waals surface area contributed by atoms with Crippen LogP contribution in [0.2, 0.25) is 0 Å². The molecule has 0 spiro atoms. The van der Waals surface area contributed by atoms with Gasteiger partial charge < -0.3 is 9.97 Å². The number of imidazole rings is 1. The molecular weight excluding hydrogens is 152 g/mol. The van der Waals surface area contributed by atoms with Crippen LogP contribution in [0.15, 0.2) is 23.0 Å². The van der Waals surface area contributed by atoms with Crippen LogP contribution >= 0.6 is 0 Å². The smallest absolute Gasteiger partial charge is 0.306 e. The van der Waals surface area contributed by atoms with Crippen LogP contribution in [0.4, 0.5) is 0 Å². The zero-order chi connectivity index (χ0) is 7.84. The standard InChI is InChI=1S/C8H8N2O.CH4/c1-5-2-3-6-7(4-5)10-8(11)9-6;/h2-4H,1H3,(H2,9,10,11);1H4. The second kappa shape index (κ2) is 2.85. The highest BCUT2D eigenvalue weighted by Gasteiger charge is 1.95. The summed E-state index contributed by atoms with van der Waals surface area (Å²) >= 11 is 0. The van der Waals surface area contributed by atoms with Gasteiger partial charge in [-0.15, -0.1) is 0 Å². The number of aryl methyl sites for hydroxylation is 1. The molecule has 0 radical (unpaired) electrons. The maximum Gasteiger partial charge on any atom is 0.323 e. The first-order valence-electron chi connectivity index (χ1n) is 3.44. The number of nitrogens with one attached hydrogen (secondary N) is 2. The maximum absolute atomic E-state index is 10.8. The van der Waals surface area contributed by atoms with Crippen LogP contribution < -0.4 is 5.69 Å². The van der Waals surface area contributed by atoms with Crippen molar-refractivity contribution >= 4 is 11.0 Å². The molecule has 1 aromatic carbocycles. The number of fused-ring (bicyclic) bond motifs is 1. The lowest BCUT2D eigenvalue weighted by molar-refractivity contribution is 1.21. The monoisotopic (exact) mass is 164 g/mol. The summed E-state index contributed by atoms with van der Waals surface area (Å²) in [5, 5.41) is 0. The van der Waals surface area contributed by atoms with E-state index in [0.29, 0.717) is 0 Å². The number of aromatic nitrogens is 2. The van der Waals surface area contributed by atoms with E-state index in [4.69, 9.17) is 0 Å². The van der Waals surface area contributed by atoms with Crippen LogP contribution in [0.3, 0.4) is 0 Å². The Labute approximate surface area is 70.4 Å². The highest BCUT2D eigenvalue weighted by atomic mass is 16.1. The van der Waals surface area contributed by atoms with Gasteiger partial charge in [0.1, 0.15) is 0 Å². The van der Waals surface area contributed by atoms with Crippen LogP contribution in [-0.2, 0) is 0 Å². The first kappa shape index (κ1) is 8.59. The fourth-order valence-corrected chi connectivity index (χ4v) is 1.15. The minimum Gasteiger partial charge on any atom is -0.306 e. The molecule has 0 atom stereocenters. The van der Waals surface area contributed by atoms with E-state index >= 15 is 0 Å². The molecule has 0 aliphatic heterocycles. The van der Waals surface area contributed by atoms with Gasteiger partial charge in [-0.2, -0.15) is 0 Å². The van der Waals surface area contributed by atoms with Crippen molar-refractivity contribution in [2.75, 3.05) is 0 Å². The fraction of sp³-hybridized carbons (Fsp3) is 0.222. The van der Waals surface area contributed by atoms with Crippen molar-refractivity contribution in [3.63, 3.8) is 0 Å². The fourth-order valence-electron chi connectivity index (χ4n) is 1.15. The van der Waals surface area contributed by atoms with E-state index in [2.05, 4.69) is 9.97 Å². The molecule has 1 heterocycles. The topological polar surface area (TPSA) is 48.6 Å². The Morgan fingerprint density at radius 3 is 2.58 bits per heavy atom. The molecule has 0 fully saturated rings. The van der Waals surface area contributed by atoms with Crippen LogP contribution in [-0.4, -0.2) is 9.97 Å². The van der Waals surface area contributed by atoms with Gasteiger partial charge >= 0.3 is 5.69 Å². The minimum atomic E-state index is -0.148. The summed E-state index contributed by atoms with van der Waals surface area (Å²) < 4.78 is 0. The lowest BCUT2D eigenvalue weighted by Crippen LogP contribution is -1.99. The molecule has 0 aliphatic rings. The van der Waals surface area contributed by atoms with Gasteiger partial charge in [-0.05, 0) is 24.6 Å². The Morgan fingerprint density at radius 1 is 1.17 bits per heavy atom. The van der Waals surface area contributed by atoms with Gasteiger partial charge in [0.2, 0.25) is 0 Å². The second-order valence-corrected chi connectivity index (χ2v) is 2.63. The van der Waals surface area contributed by atoms with Crippen LogP contribution in [0.25, 0.3) is 11.0 Å². The molecule has 2 aromatic rings. The van der Waals surface area contributed by atoms with Crippen LogP contribution in [0.5, 0.6) is 0 Å². The first-order valence-corrected chi connectivity index (χ1v) is 3.44. The molecular formula is C9H12N2O. The summed E-state index contributed by atoms with van der Waals surface area (Å²) in [5.74, 6) is 0. The van der Waals surface area contributed by atoms with Crippen molar-refractivity contribution < 1.29 is 0 Å². The Kier molecular flexibility index (Phi) is 2.04. The minimum absolute atomic E-state index is 0. The summed E-state index contributed by atoms with van der Waals surface area (Å²) in [6.45, 7) is 1.99. The molecule has 0 bridgehead atoms. The molecule has 2 rings (SSSR count). The van der Waals surface area contributed by atoms with Crippen LogP contribution in [0.1, 0.15) is 13.0 Å². The Bertz CT molecular complexity index is 439. The van der Waals surface area contributed by atoms with E-state index < -0.39 is 0 Å². The highest BCUT2D eigenvalue weighted by Crippen LogP contribution is 2.08. The number of H-pyrrole nitrogens is 2. The lowest BCUT2D eigenvalue weighted by atomic mass is 10.2. The number of benzene rings is 1. The number of hydrogen-bond acceptors (Lipinski definition) is 1. The maximum atomic E-state index is 10.8. The molecule has 2 N–H and O–H groups in total. The Hall–Kier alpha value is -1.51. The zero-order valence-corrected chi connectivity index (χ0v) is 6.14. The van der Waals surface area contributed by atoms with Gasteiger partial charge in [-0.3, -0.25) is 0 Å². The largest absolute Gasteiger partial charge is 0.323 e. The predicted octanol–water partition coefficient (Wildman–Crippen LogP) is 1.80. The summed E-state index contributed by atoms with van der Waals surface area (Å²) in [7, 11) is 0. The van der Waals surface area contributed by atoms with Gasteiger partial charge in [-0.1, -0.05) is 13.5 Å². The van der Waals surface area contributed by atoms with E-state index in [1.165, 1.54) is 0 Å². The number of rotatable bonds is 0. The van der Waals surface area contributed by atoms with E-state index in [0.717, 1.165) is 16.6 Å². The van der Waals surface area contributed by atoms with Crippen molar-refractivity contribution in [2.45, 2.75) is 14.4 Å². The van der Waals surface area contributed by atoms with Crippen molar-refractivity contribution in [2.24, 2.45) is 0 Å². The molecule has 12 heavy (non-hydrogen) atoms. The SMILES string of the molecule is C.Cc1ccc2[nH]c(=O)[nH]c2c1. The molecule has 0 unspecified atom stereocenters. The van der Waals surface area contributed by atoms with E-state index in [1.54, 1.807) is 0 Å². The van der Waals surface area contributed by atoms with E-state index in [1.807, 2.05) is 25.1 Å². The van der Waals surface area contributed by atoms with Gasteiger partial charge in [0, 0.05) is 0 Å². The molecule has 3 nitrogen and oxygen atoms in total. The third-order valence-corrected chi connectivity index (χ3v) is 1.67. The third kappa shape index (κ3) is 1.25. The molecule has 0 saturated carbocycles. The van der Waals surface area contributed by atoms with Gasteiger partial charge in [0.15, 0.2) is 0 Å². The summed E-state index contributed by atoms with van der Waals surface area (Å²) in [6, 6.07) is 5.79. The van der Waals surface area contributed by atoms with Gasteiger partial charge in [0.05, 0.1) is 11.0 Å². The first-order chi connectivity index (χ1) is 5.25. The van der Waals surface area contributed by atoms with Gasteiger partial charge in [0.25, 0.3) is 0 Å². The molecule has 0 saturated heterocycles. The normalized spacial score (nSPS) is 9.75. The molecule has 64 valence electrons. The van der Waals surface area contributed by atoms with Crippen molar-refractivity contribution in [3.05, 3.63) is 34.2 Å². The van der Waals surface area contributed by atoms with Crippen molar-refractivity contribution in [1.82, 2.24) is 9.97 Å². The van der Waals surface area contributed by atoms with E-state index in [9.17, 15) is 4.79 Å². The van der Waals surface area contributed by atoms with E-state index in [-0.39, 0.29) is 13.1 Å². The Balaban J connectivity index is 0.000000720. The second-order valence-electron chi connectivity index (χ2n) is 2.63. The number of hydrogen-bond donors (Lipinski definition) is 2. The van der Waals surface area contributed by atoms with Crippen molar-refractivity contribution in [3.8, 4) is 0 Å². The van der Waals surface area contributed by atoms with Crippen LogP contribution in [0, 0.1) is 6.92 Å². The van der Waals surface area contributed by atoms with Gasteiger partial charge in [-0.25, -0.2) is 4.79 Å². The molecule has 0 aliphatic carbocycles. The third-order valence-electron chi connectivity index (χ3n) is 1.67. The summed E-state index contributed by atoms with van der Waals surface area (Å²) in [5.41, 5.74) is 2.73. The summed E-state index contributed by atoms with van der Waals surface area (Å²) in [4.78, 5) is 16.2. The Morgan fingerprint density at radius 2 is 1.83 bits per heavy atom. The summed E-state index contributed by atoms with van der Waals surface area (Å²) in [6.07, 6.45) is 0. The molecule has 1 aromatic heterocycles.